The normalized spacial score (nSPS) is 26.6. The average Bonchev–Trinajstić information content (AvgIpc) is 2.54. The SMILES string of the molecule is FC(F)(F)CC[SiH]1O[SiH](CCC(F)(F)F)O[SiH](CCC(F)(F)F)O[SiH](CCC(F)(F)F)O1. The summed E-state index contributed by atoms with van der Waals surface area (Å²) in [6, 6.07) is -3.18. The van der Waals surface area contributed by atoms with Crippen molar-refractivity contribution in [3.05, 3.63) is 0 Å². The lowest BCUT2D eigenvalue weighted by Gasteiger charge is -2.35. The third-order valence-electron chi connectivity index (χ3n) is 3.87. The maximum Gasteiger partial charge on any atom is 0.389 e. The predicted octanol–water partition coefficient (Wildman–Crippen LogP) is 4.76. The van der Waals surface area contributed by atoms with Gasteiger partial charge in [0.25, 0.3) is 0 Å². The van der Waals surface area contributed by atoms with Crippen molar-refractivity contribution in [1.29, 1.82) is 0 Å². The van der Waals surface area contributed by atoms with Crippen molar-refractivity contribution < 1.29 is 69.1 Å². The van der Waals surface area contributed by atoms with Crippen LogP contribution in [0.25, 0.3) is 0 Å². The van der Waals surface area contributed by atoms with Crippen molar-refractivity contribution in [2.24, 2.45) is 0 Å². The Balaban J connectivity index is 2.99. The van der Waals surface area contributed by atoms with E-state index in [4.69, 9.17) is 16.5 Å². The van der Waals surface area contributed by atoms with E-state index in [0.29, 0.717) is 0 Å². The molecule has 0 atom stereocenters. The van der Waals surface area contributed by atoms with Crippen LogP contribution in [0.4, 0.5) is 52.7 Å². The Labute approximate surface area is 181 Å². The van der Waals surface area contributed by atoms with Gasteiger partial charge >= 0.3 is 61.8 Å². The quantitative estimate of drug-likeness (QED) is 0.313. The molecule has 1 aliphatic rings. The monoisotopic (exact) mass is 568 g/mol. The molecule has 0 aromatic heterocycles. The lowest BCUT2D eigenvalue weighted by molar-refractivity contribution is -0.131. The second-order valence-electron chi connectivity index (χ2n) is 6.88. The number of halogens is 12. The molecule has 1 aliphatic heterocycles. The minimum Gasteiger partial charge on any atom is -0.420 e. The van der Waals surface area contributed by atoms with E-state index in [0.717, 1.165) is 0 Å². The molecule has 0 aliphatic carbocycles. The fraction of sp³-hybridized carbons (Fsp3) is 1.00. The van der Waals surface area contributed by atoms with Crippen LogP contribution in [-0.4, -0.2) is 61.8 Å². The first-order chi connectivity index (χ1) is 14.3. The first-order valence-corrected chi connectivity index (χ1v) is 16.2. The number of alkyl halides is 12. The molecule has 0 N–H and O–H groups in total. The van der Waals surface area contributed by atoms with Crippen LogP contribution in [0.5, 0.6) is 0 Å². The molecule has 0 aromatic rings. The smallest absolute Gasteiger partial charge is 0.389 e. The molecule has 0 saturated carbocycles. The standard InChI is InChI=1S/C12H20F12O4Si4/c13-9(14,15)1-5-29-25-30(6-2-10(16,17)18)27-32(8-4-12(22,23)24)28-31(26-29)7-3-11(19,20)21/h29-32H,1-8H2. The second kappa shape index (κ2) is 12.0. The van der Waals surface area contributed by atoms with Gasteiger partial charge in [0.05, 0.1) is 0 Å². The highest BCUT2D eigenvalue weighted by molar-refractivity contribution is 6.73. The van der Waals surface area contributed by atoms with E-state index in [-0.39, 0.29) is 0 Å². The van der Waals surface area contributed by atoms with Crippen LogP contribution in [-0.2, 0) is 16.5 Å². The van der Waals surface area contributed by atoms with Crippen LogP contribution in [0.15, 0.2) is 0 Å². The van der Waals surface area contributed by atoms with Gasteiger partial charge in [-0.05, 0) is 24.2 Å². The van der Waals surface area contributed by atoms with E-state index in [1.165, 1.54) is 0 Å². The van der Waals surface area contributed by atoms with E-state index >= 15 is 0 Å². The van der Waals surface area contributed by atoms with E-state index in [1.54, 1.807) is 0 Å². The van der Waals surface area contributed by atoms with Gasteiger partial charge in [-0.15, -0.1) is 0 Å². The highest BCUT2D eigenvalue weighted by Crippen LogP contribution is 2.31. The van der Waals surface area contributed by atoms with Crippen molar-refractivity contribution in [2.45, 2.75) is 74.6 Å². The summed E-state index contributed by atoms with van der Waals surface area (Å²) >= 11 is 0. The summed E-state index contributed by atoms with van der Waals surface area (Å²) in [6.45, 7) is 0. The summed E-state index contributed by atoms with van der Waals surface area (Å²) in [5, 5.41) is 0. The van der Waals surface area contributed by atoms with Gasteiger partial charge in [-0.2, -0.15) is 52.7 Å². The van der Waals surface area contributed by atoms with Gasteiger partial charge in [0.1, 0.15) is 0 Å². The molecular formula is C12H20F12O4Si4. The Morgan fingerprint density at radius 1 is 0.344 bits per heavy atom. The summed E-state index contributed by atoms with van der Waals surface area (Å²) in [7, 11) is -13.8. The lowest BCUT2D eigenvalue weighted by Crippen LogP contribution is -2.49. The highest BCUT2D eigenvalue weighted by Gasteiger charge is 2.41. The molecule has 4 nitrogen and oxygen atoms in total. The molecule has 0 spiro atoms. The summed E-state index contributed by atoms with van der Waals surface area (Å²) < 4.78 is 172. The molecule has 1 saturated heterocycles. The average molecular weight is 569 g/mol. The number of rotatable bonds is 8. The molecule has 0 aromatic carbocycles. The molecular weight excluding hydrogens is 548 g/mol. The van der Waals surface area contributed by atoms with E-state index in [2.05, 4.69) is 0 Å². The molecule has 0 amide bonds. The topological polar surface area (TPSA) is 36.9 Å². The Bertz CT molecular complexity index is 452. The van der Waals surface area contributed by atoms with Crippen molar-refractivity contribution in [1.82, 2.24) is 0 Å². The van der Waals surface area contributed by atoms with E-state index in [9.17, 15) is 52.7 Å². The molecule has 20 heteroatoms. The van der Waals surface area contributed by atoms with Crippen molar-refractivity contribution in [3.63, 3.8) is 0 Å². The van der Waals surface area contributed by atoms with Gasteiger partial charge in [-0.3, -0.25) is 0 Å². The minimum atomic E-state index is -4.68. The van der Waals surface area contributed by atoms with Gasteiger partial charge in [-0.25, -0.2) is 0 Å². The molecule has 0 bridgehead atoms. The second-order valence-corrected chi connectivity index (χ2v) is 17.0. The van der Waals surface area contributed by atoms with Crippen LogP contribution in [0, 0.1) is 0 Å². The van der Waals surface area contributed by atoms with E-state index < -0.39 is 112 Å². The molecule has 1 heterocycles. The van der Waals surface area contributed by atoms with Gasteiger partial charge in [0, 0.05) is 25.7 Å². The predicted molar refractivity (Wildman–Crippen MR) is 94.9 cm³/mol. The highest BCUT2D eigenvalue weighted by atomic mass is 28.5. The summed E-state index contributed by atoms with van der Waals surface area (Å²) in [6.07, 6.45) is -24.5. The van der Waals surface area contributed by atoms with Crippen LogP contribution < -0.4 is 0 Å². The van der Waals surface area contributed by atoms with Gasteiger partial charge in [0.15, 0.2) is 0 Å². The molecule has 0 unspecified atom stereocenters. The molecule has 1 rings (SSSR count). The van der Waals surface area contributed by atoms with Crippen molar-refractivity contribution in [3.8, 4) is 0 Å². The van der Waals surface area contributed by atoms with E-state index in [1.807, 2.05) is 0 Å². The Morgan fingerprint density at radius 2 is 0.500 bits per heavy atom. The summed E-state index contributed by atoms with van der Waals surface area (Å²) in [5.74, 6) is 0. The fourth-order valence-corrected chi connectivity index (χ4v) is 17.8. The largest absolute Gasteiger partial charge is 0.420 e. The first kappa shape index (κ1) is 29.9. The first-order valence-electron chi connectivity index (χ1n) is 9.20. The molecule has 1 fully saturated rings. The Morgan fingerprint density at radius 3 is 0.625 bits per heavy atom. The van der Waals surface area contributed by atoms with Crippen LogP contribution in [0.1, 0.15) is 25.7 Å². The van der Waals surface area contributed by atoms with Crippen molar-refractivity contribution >= 4 is 37.1 Å². The summed E-state index contributed by atoms with van der Waals surface area (Å²) in [5.41, 5.74) is 0. The zero-order chi connectivity index (χ0) is 24.8. The zero-order valence-electron chi connectivity index (χ0n) is 16.1. The Kier molecular flexibility index (Phi) is 11.2. The third-order valence-corrected chi connectivity index (χ3v) is 16.6. The van der Waals surface area contributed by atoms with Crippen molar-refractivity contribution in [2.75, 3.05) is 0 Å². The minimum absolute atomic E-state index is 0.796. The third kappa shape index (κ3) is 15.7. The number of hydrogen-bond acceptors (Lipinski definition) is 4. The van der Waals surface area contributed by atoms with Gasteiger partial charge in [-0.1, -0.05) is 0 Å². The Hall–Kier alpha value is -0.132. The number of hydrogen-bond donors (Lipinski definition) is 0. The summed E-state index contributed by atoms with van der Waals surface area (Å²) in [4.78, 5) is 0. The maximum atomic E-state index is 12.5. The molecule has 32 heavy (non-hydrogen) atoms. The fourth-order valence-electron chi connectivity index (χ4n) is 2.48. The van der Waals surface area contributed by atoms with Gasteiger partial charge < -0.3 is 16.5 Å². The lowest BCUT2D eigenvalue weighted by atomic mass is 10.5. The maximum absolute atomic E-state index is 12.5. The van der Waals surface area contributed by atoms with Gasteiger partial charge in [0.2, 0.25) is 0 Å². The van der Waals surface area contributed by atoms with Crippen LogP contribution >= 0.6 is 0 Å². The van der Waals surface area contributed by atoms with Crippen LogP contribution in [0.2, 0.25) is 24.2 Å². The van der Waals surface area contributed by atoms with Crippen LogP contribution in [0.3, 0.4) is 0 Å². The molecule has 0 radical (unpaired) electrons. The molecule has 192 valence electrons. The zero-order valence-corrected chi connectivity index (χ0v) is 20.8.